The van der Waals surface area contributed by atoms with Gasteiger partial charge in [-0.1, -0.05) is 23.7 Å². The average Bonchev–Trinajstić information content (AvgIpc) is 3.20. The van der Waals surface area contributed by atoms with Crippen LogP contribution in [0.1, 0.15) is 26.5 Å². The lowest BCUT2D eigenvalue weighted by Crippen LogP contribution is -2.45. The number of carboxylic acid groups (broad SMARTS) is 1. The van der Waals surface area contributed by atoms with Crippen molar-refractivity contribution in [3.8, 4) is 11.1 Å². The van der Waals surface area contributed by atoms with E-state index in [-0.39, 0.29) is 17.0 Å². The predicted molar refractivity (Wildman–Crippen MR) is 116 cm³/mol. The molecule has 2 aromatic carbocycles. The number of amides is 2. The summed E-state index contributed by atoms with van der Waals surface area (Å²) in [5.41, 5.74) is 0.470. The number of likely N-dealkylation sites (N-methyl/N-ethyl adjacent to an activating group) is 1. The number of carbonyl (C=O) groups excluding carboxylic acids is 2. The van der Waals surface area contributed by atoms with Crippen LogP contribution in [0, 0.1) is 5.82 Å². The Hall–Kier alpha value is -3.23. The zero-order chi connectivity index (χ0) is 22.1. The Morgan fingerprint density at radius 1 is 1.23 bits per heavy atom. The van der Waals surface area contributed by atoms with E-state index in [9.17, 15) is 23.9 Å². The van der Waals surface area contributed by atoms with Gasteiger partial charge in [0.15, 0.2) is 0 Å². The average molecular weight is 457 g/mol. The van der Waals surface area contributed by atoms with Crippen LogP contribution in [0.25, 0.3) is 11.1 Å². The van der Waals surface area contributed by atoms with E-state index in [4.69, 9.17) is 11.6 Å². The topological polar surface area (TPSA) is 86.7 Å². The van der Waals surface area contributed by atoms with Crippen molar-refractivity contribution in [3.05, 3.63) is 68.6 Å². The molecule has 9 heteroatoms. The largest absolute Gasteiger partial charge is 0.477 e. The maximum Gasteiger partial charge on any atom is 0.346 e. The minimum absolute atomic E-state index is 0.0193. The normalized spacial score (nSPS) is 19.4. The Labute approximate surface area is 184 Å². The Morgan fingerprint density at radius 3 is 2.61 bits per heavy atom. The lowest BCUT2D eigenvalue weighted by Gasteiger charge is -2.32. The lowest BCUT2D eigenvalue weighted by molar-refractivity contribution is -0.126. The Balaban J connectivity index is 1.86. The number of hydrogen-bond donors (Lipinski definition) is 2. The first-order valence-corrected chi connectivity index (χ1v) is 10.5. The van der Waals surface area contributed by atoms with Crippen LogP contribution in [0.15, 0.2) is 42.5 Å². The highest BCUT2D eigenvalue weighted by Crippen LogP contribution is 2.57. The molecule has 0 fully saturated rings. The van der Waals surface area contributed by atoms with E-state index in [1.165, 1.54) is 23.1 Å². The van der Waals surface area contributed by atoms with Gasteiger partial charge >= 0.3 is 5.97 Å². The Bertz CT molecular complexity index is 1300. The third-order valence-corrected chi connectivity index (χ3v) is 7.35. The second kappa shape index (κ2) is 6.63. The van der Waals surface area contributed by atoms with Gasteiger partial charge in [0.2, 0.25) is 11.8 Å². The lowest BCUT2D eigenvalue weighted by atomic mass is 9.74. The van der Waals surface area contributed by atoms with Crippen LogP contribution in [-0.2, 0) is 15.0 Å². The Kier molecular flexibility index (Phi) is 4.22. The molecule has 0 saturated carbocycles. The SMILES string of the molecule is CN1C(=O)[C@@]2(CC(=O)Nc3c2sc(C(=O)O)c3-c2ccc(Cl)cc2)c2cc(F)ccc21. The molecule has 0 saturated heterocycles. The van der Waals surface area contributed by atoms with Crippen LogP contribution in [0.5, 0.6) is 0 Å². The van der Waals surface area contributed by atoms with Crippen molar-refractivity contribution in [1.29, 1.82) is 0 Å². The number of fused-ring (bicyclic) bond motifs is 4. The summed E-state index contributed by atoms with van der Waals surface area (Å²) < 4.78 is 14.2. The summed E-state index contributed by atoms with van der Waals surface area (Å²) in [5, 5.41) is 13.1. The summed E-state index contributed by atoms with van der Waals surface area (Å²) in [6.45, 7) is 0. The molecule has 0 unspecified atom stereocenters. The van der Waals surface area contributed by atoms with Crippen LogP contribution < -0.4 is 10.2 Å². The van der Waals surface area contributed by atoms with Gasteiger partial charge in [0.05, 0.1) is 17.0 Å². The molecule has 156 valence electrons. The number of carbonyl (C=O) groups is 3. The van der Waals surface area contributed by atoms with Crippen molar-refractivity contribution < 1.29 is 23.9 Å². The number of carboxylic acids is 1. The number of halogens is 2. The van der Waals surface area contributed by atoms with Gasteiger partial charge in [-0.3, -0.25) is 9.59 Å². The van der Waals surface area contributed by atoms with Gasteiger partial charge in [0.25, 0.3) is 0 Å². The minimum atomic E-state index is -1.48. The highest BCUT2D eigenvalue weighted by Gasteiger charge is 2.57. The molecule has 0 radical (unpaired) electrons. The van der Waals surface area contributed by atoms with Crippen molar-refractivity contribution in [3.63, 3.8) is 0 Å². The van der Waals surface area contributed by atoms with Crippen molar-refractivity contribution in [2.75, 3.05) is 17.3 Å². The highest BCUT2D eigenvalue weighted by molar-refractivity contribution is 7.15. The molecule has 5 rings (SSSR count). The van der Waals surface area contributed by atoms with E-state index in [1.54, 1.807) is 31.3 Å². The number of anilines is 2. The molecular formula is C22H14ClFN2O4S. The fourth-order valence-electron chi connectivity index (χ4n) is 4.44. The zero-order valence-electron chi connectivity index (χ0n) is 16.0. The molecule has 1 aromatic heterocycles. The van der Waals surface area contributed by atoms with Crippen molar-refractivity contribution in [1.82, 2.24) is 0 Å². The first-order chi connectivity index (χ1) is 14.7. The van der Waals surface area contributed by atoms with Gasteiger partial charge in [0, 0.05) is 28.9 Å². The van der Waals surface area contributed by atoms with Gasteiger partial charge in [-0.05, 0) is 35.9 Å². The number of nitrogens with zero attached hydrogens (tertiary/aromatic N) is 1. The van der Waals surface area contributed by atoms with Crippen LogP contribution >= 0.6 is 22.9 Å². The van der Waals surface area contributed by atoms with E-state index in [0.29, 0.717) is 32.3 Å². The fraction of sp³-hybridized carbons (Fsp3) is 0.136. The number of hydrogen-bond acceptors (Lipinski definition) is 4. The molecule has 31 heavy (non-hydrogen) atoms. The van der Waals surface area contributed by atoms with Crippen LogP contribution in [0.4, 0.5) is 15.8 Å². The number of rotatable bonds is 2. The fourth-order valence-corrected chi connectivity index (χ4v) is 5.88. The monoisotopic (exact) mass is 456 g/mol. The molecule has 6 nitrogen and oxygen atoms in total. The maximum absolute atomic E-state index is 14.2. The quantitative estimate of drug-likeness (QED) is 0.594. The van der Waals surface area contributed by atoms with Crippen LogP contribution in [-0.4, -0.2) is 29.9 Å². The second-order valence-electron chi connectivity index (χ2n) is 7.48. The second-order valence-corrected chi connectivity index (χ2v) is 8.94. The third kappa shape index (κ3) is 2.65. The number of thiophene rings is 1. The summed E-state index contributed by atoms with van der Waals surface area (Å²) in [6.07, 6.45) is -0.237. The molecule has 0 bridgehead atoms. The maximum atomic E-state index is 14.2. The summed E-state index contributed by atoms with van der Waals surface area (Å²) in [7, 11) is 1.56. The van der Waals surface area contributed by atoms with Crippen LogP contribution in [0.3, 0.4) is 0 Å². The van der Waals surface area contributed by atoms with E-state index in [1.807, 2.05) is 0 Å². The molecule has 2 amide bonds. The molecule has 2 aliphatic heterocycles. The summed E-state index contributed by atoms with van der Waals surface area (Å²) >= 11 is 6.90. The van der Waals surface area contributed by atoms with Gasteiger partial charge in [-0.2, -0.15) is 0 Å². The van der Waals surface area contributed by atoms with Gasteiger partial charge < -0.3 is 15.3 Å². The van der Waals surface area contributed by atoms with E-state index in [2.05, 4.69) is 5.32 Å². The van der Waals surface area contributed by atoms with Gasteiger partial charge in [-0.15, -0.1) is 11.3 Å². The molecule has 2 N–H and O–H groups in total. The summed E-state index contributed by atoms with van der Waals surface area (Å²) in [5.74, 6) is -2.57. The molecule has 1 atom stereocenters. The van der Waals surface area contributed by atoms with Crippen LogP contribution in [0.2, 0.25) is 5.02 Å². The molecule has 3 heterocycles. The number of nitrogens with one attached hydrogen (secondary N) is 1. The van der Waals surface area contributed by atoms with Crippen molar-refractivity contribution in [2.24, 2.45) is 0 Å². The van der Waals surface area contributed by atoms with Crippen molar-refractivity contribution in [2.45, 2.75) is 11.8 Å². The molecule has 2 aliphatic rings. The molecule has 0 aliphatic carbocycles. The summed E-state index contributed by atoms with van der Waals surface area (Å²) in [6, 6.07) is 10.5. The van der Waals surface area contributed by atoms with E-state index >= 15 is 0 Å². The first kappa shape index (κ1) is 19.7. The highest BCUT2D eigenvalue weighted by atomic mass is 35.5. The summed E-state index contributed by atoms with van der Waals surface area (Å²) in [4.78, 5) is 40.2. The predicted octanol–water partition coefficient (Wildman–Crippen LogP) is 4.51. The smallest absolute Gasteiger partial charge is 0.346 e. The van der Waals surface area contributed by atoms with E-state index < -0.39 is 29.0 Å². The minimum Gasteiger partial charge on any atom is -0.477 e. The van der Waals surface area contributed by atoms with E-state index in [0.717, 1.165) is 11.3 Å². The molecule has 3 aromatic rings. The Morgan fingerprint density at radius 2 is 1.94 bits per heavy atom. The zero-order valence-corrected chi connectivity index (χ0v) is 17.6. The van der Waals surface area contributed by atoms with Gasteiger partial charge in [-0.25, -0.2) is 9.18 Å². The standard InChI is InChI=1S/C22H14ClFN2O4S/c1-26-14-7-6-12(24)8-13(14)22(21(26)30)9-15(27)25-17-16(10-2-4-11(23)5-3-10)18(20(28)29)31-19(17)22/h2-8H,9H2,1H3,(H,25,27)(H,28,29)/t22-/m0/s1. The number of benzene rings is 2. The third-order valence-electron chi connectivity index (χ3n) is 5.76. The molecular weight excluding hydrogens is 443 g/mol. The van der Waals surface area contributed by atoms with Gasteiger partial charge in [0.1, 0.15) is 16.1 Å². The van der Waals surface area contributed by atoms with Crippen molar-refractivity contribution >= 4 is 52.1 Å². The first-order valence-electron chi connectivity index (χ1n) is 9.28. The number of aromatic carboxylic acids is 1. The molecule has 1 spiro atoms.